The molecule has 0 spiro atoms. The summed E-state index contributed by atoms with van der Waals surface area (Å²) >= 11 is 0. The number of nitrogens with zero attached hydrogens (tertiary/aromatic N) is 1. The van der Waals surface area contributed by atoms with Crippen LogP contribution < -0.4 is 0 Å². The van der Waals surface area contributed by atoms with E-state index < -0.39 is 5.41 Å². The third-order valence-corrected chi connectivity index (χ3v) is 8.57. The van der Waals surface area contributed by atoms with Crippen LogP contribution in [0.2, 0.25) is 0 Å². The first-order chi connectivity index (χ1) is 11.7. The number of carbonyl (C=O) groups excluding carboxylic acids is 1. The number of ketones is 1. The zero-order valence-electron chi connectivity index (χ0n) is 15.9. The highest BCUT2D eigenvalue weighted by atomic mass is 16.4. The lowest BCUT2D eigenvalue weighted by molar-refractivity contribution is -0.122. The molecule has 6 unspecified atom stereocenters. The Morgan fingerprint density at radius 1 is 1.12 bits per heavy atom. The van der Waals surface area contributed by atoms with Crippen LogP contribution in [0.5, 0.6) is 0 Å². The van der Waals surface area contributed by atoms with Crippen LogP contribution in [-0.2, 0) is 4.79 Å². The number of allylic oxidation sites excluding steroid dienone is 2. The zero-order valence-corrected chi connectivity index (χ0v) is 15.9. The molecule has 3 saturated carbocycles. The van der Waals surface area contributed by atoms with E-state index in [0.717, 1.165) is 32.1 Å². The molecule has 25 heavy (non-hydrogen) atoms. The van der Waals surface area contributed by atoms with Gasteiger partial charge in [-0.2, -0.15) is 0 Å². The molecule has 0 bridgehead atoms. The molecule has 0 aromatic rings. The van der Waals surface area contributed by atoms with Gasteiger partial charge in [0, 0.05) is 6.42 Å². The van der Waals surface area contributed by atoms with E-state index in [1.165, 1.54) is 5.57 Å². The molecule has 4 nitrogen and oxygen atoms in total. The topological polar surface area (TPSA) is 69.9 Å². The SMILES string of the molecule is CC1(C)C(=O)C(=NO)CC2(C)C1=CCC1C2CCC2(C)C(O)CCC12. The Morgan fingerprint density at radius 3 is 2.52 bits per heavy atom. The Balaban J connectivity index is 1.78. The van der Waals surface area contributed by atoms with Crippen molar-refractivity contribution < 1.29 is 15.1 Å². The fraction of sp³-hybridized carbons (Fsp3) is 0.810. The van der Waals surface area contributed by atoms with Crippen LogP contribution in [0.15, 0.2) is 16.8 Å². The Morgan fingerprint density at radius 2 is 1.84 bits per heavy atom. The van der Waals surface area contributed by atoms with E-state index in [-0.39, 0.29) is 22.7 Å². The molecule has 0 aliphatic heterocycles. The number of aliphatic hydroxyl groups excluding tert-OH is 1. The Labute approximate surface area is 150 Å². The van der Waals surface area contributed by atoms with Crippen LogP contribution in [0.4, 0.5) is 0 Å². The van der Waals surface area contributed by atoms with E-state index in [1.54, 1.807) is 0 Å². The molecule has 2 N–H and O–H groups in total. The minimum atomic E-state index is -0.588. The second-order valence-electron chi connectivity index (χ2n) is 9.96. The van der Waals surface area contributed by atoms with Crippen LogP contribution >= 0.6 is 0 Å². The maximum absolute atomic E-state index is 12.7. The van der Waals surface area contributed by atoms with E-state index in [2.05, 4.69) is 25.1 Å². The quantitative estimate of drug-likeness (QED) is 0.397. The van der Waals surface area contributed by atoms with Crippen molar-refractivity contribution in [2.75, 3.05) is 0 Å². The fourth-order valence-corrected chi connectivity index (χ4v) is 7.25. The third kappa shape index (κ3) is 2.03. The normalized spacial score (nSPS) is 50.0. The van der Waals surface area contributed by atoms with Gasteiger partial charge in [-0.25, -0.2) is 0 Å². The average molecular weight is 345 g/mol. The van der Waals surface area contributed by atoms with Crippen molar-refractivity contribution in [3.63, 3.8) is 0 Å². The van der Waals surface area contributed by atoms with E-state index in [0.29, 0.717) is 29.9 Å². The number of oxime groups is 1. The van der Waals surface area contributed by atoms with Crippen molar-refractivity contribution in [3.8, 4) is 0 Å². The second kappa shape index (κ2) is 5.18. The summed E-state index contributed by atoms with van der Waals surface area (Å²) in [6, 6.07) is 0. The van der Waals surface area contributed by atoms with Gasteiger partial charge in [0.1, 0.15) is 5.71 Å². The molecule has 4 heteroatoms. The predicted molar refractivity (Wildman–Crippen MR) is 96.5 cm³/mol. The molecule has 6 atom stereocenters. The van der Waals surface area contributed by atoms with Crippen LogP contribution in [0.1, 0.15) is 66.2 Å². The van der Waals surface area contributed by atoms with Gasteiger partial charge in [-0.05, 0) is 74.5 Å². The van der Waals surface area contributed by atoms with Crippen molar-refractivity contribution in [3.05, 3.63) is 11.6 Å². The Hall–Kier alpha value is -1.16. The lowest BCUT2D eigenvalue weighted by atomic mass is 9.45. The molecule has 138 valence electrons. The van der Waals surface area contributed by atoms with Gasteiger partial charge in [-0.15, -0.1) is 0 Å². The molecule has 0 aromatic heterocycles. The molecule has 0 aromatic carbocycles. The summed E-state index contributed by atoms with van der Waals surface area (Å²) in [6.45, 7) is 8.53. The summed E-state index contributed by atoms with van der Waals surface area (Å²) in [5.74, 6) is 1.59. The van der Waals surface area contributed by atoms with E-state index >= 15 is 0 Å². The number of rotatable bonds is 0. The van der Waals surface area contributed by atoms with Crippen LogP contribution in [0, 0.1) is 34.0 Å². The monoisotopic (exact) mass is 345 g/mol. The number of fused-ring (bicyclic) bond motifs is 5. The zero-order chi connectivity index (χ0) is 18.2. The van der Waals surface area contributed by atoms with Gasteiger partial charge < -0.3 is 10.3 Å². The Kier molecular flexibility index (Phi) is 3.58. The van der Waals surface area contributed by atoms with Crippen LogP contribution in [-0.4, -0.2) is 27.9 Å². The summed E-state index contributed by atoms with van der Waals surface area (Å²) in [7, 11) is 0. The number of carbonyl (C=O) groups is 1. The lowest BCUT2D eigenvalue weighted by Crippen LogP contribution is -2.56. The van der Waals surface area contributed by atoms with Gasteiger partial charge in [-0.3, -0.25) is 4.79 Å². The van der Waals surface area contributed by atoms with Crippen molar-refractivity contribution in [2.45, 2.75) is 72.3 Å². The fourth-order valence-electron chi connectivity index (χ4n) is 7.25. The van der Waals surface area contributed by atoms with Gasteiger partial charge >= 0.3 is 0 Å². The molecule has 4 aliphatic carbocycles. The van der Waals surface area contributed by atoms with Gasteiger partial charge in [0.2, 0.25) is 0 Å². The summed E-state index contributed by atoms with van der Waals surface area (Å²) in [6.07, 6.45) is 7.90. The van der Waals surface area contributed by atoms with E-state index in [4.69, 9.17) is 0 Å². The van der Waals surface area contributed by atoms with Crippen LogP contribution in [0.25, 0.3) is 0 Å². The van der Waals surface area contributed by atoms with Crippen molar-refractivity contribution in [1.29, 1.82) is 0 Å². The number of hydrogen-bond donors (Lipinski definition) is 2. The molecule has 0 saturated heterocycles. The minimum Gasteiger partial charge on any atom is -0.411 e. The predicted octanol–water partition coefficient (Wildman–Crippen LogP) is 3.96. The first-order valence-corrected chi connectivity index (χ1v) is 9.81. The smallest absolute Gasteiger partial charge is 0.190 e. The molecule has 0 amide bonds. The molecular weight excluding hydrogens is 314 g/mol. The maximum atomic E-state index is 12.7. The van der Waals surface area contributed by atoms with Gasteiger partial charge in [0.05, 0.1) is 11.5 Å². The second-order valence-corrected chi connectivity index (χ2v) is 9.96. The number of aliphatic hydroxyl groups is 1. The van der Waals surface area contributed by atoms with Crippen LogP contribution in [0.3, 0.4) is 0 Å². The van der Waals surface area contributed by atoms with Crippen molar-refractivity contribution in [1.82, 2.24) is 0 Å². The molecule has 4 aliphatic rings. The first-order valence-electron chi connectivity index (χ1n) is 9.81. The Bertz CT molecular complexity index is 679. The first kappa shape index (κ1) is 17.3. The van der Waals surface area contributed by atoms with Gasteiger partial charge in [0.25, 0.3) is 0 Å². The molecule has 4 rings (SSSR count). The number of hydrogen-bond acceptors (Lipinski definition) is 4. The summed E-state index contributed by atoms with van der Waals surface area (Å²) in [4.78, 5) is 12.7. The third-order valence-electron chi connectivity index (χ3n) is 8.57. The summed E-state index contributed by atoms with van der Waals surface area (Å²) < 4.78 is 0. The summed E-state index contributed by atoms with van der Waals surface area (Å²) in [5, 5.41) is 23.4. The maximum Gasteiger partial charge on any atom is 0.190 e. The van der Waals surface area contributed by atoms with E-state index in [1.807, 2.05) is 13.8 Å². The highest BCUT2D eigenvalue weighted by molar-refractivity contribution is 6.43. The highest BCUT2D eigenvalue weighted by Crippen LogP contribution is 2.66. The standard InChI is InChI=1S/C21H31NO3/c1-19(2)16-7-5-12-13-6-8-17(23)20(13,3)10-9-14(12)21(16,4)11-15(22-25)18(19)24/h7,12-14,17,23,25H,5-6,8-11H2,1-4H3. The summed E-state index contributed by atoms with van der Waals surface area (Å²) in [5.41, 5.74) is 0.939. The average Bonchev–Trinajstić information content (AvgIpc) is 2.86. The minimum absolute atomic E-state index is 0.0332. The lowest BCUT2D eigenvalue weighted by Gasteiger charge is -2.59. The highest BCUT2D eigenvalue weighted by Gasteiger charge is 2.61. The van der Waals surface area contributed by atoms with Crippen molar-refractivity contribution >= 4 is 11.5 Å². The molecular formula is C21H31NO3. The number of Topliss-reactive ketones (excluding diaryl/α,β-unsaturated/α-hetero) is 1. The van der Waals surface area contributed by atoms with Crippen molar-refractivity contribution in [2.24, 2.45) is 39.2 Å². The molecule has 0 radical (unpaired) electrons. The molecule has 3 fully saturated rings. The van der Waals surface area contributed by atoms with Gasteiger partial charge in [-0.1, -0.05) is 30.7 Å². The van der Waals surface area contributed by atoms with E-state index in [9.17, 15) is 15.1 Å². The molecule has 0 heterocycles. The largest absolute Gasteiger partial charge is 0.411 e. The van der Waals surface area contributed by atoms with Gasteiger partial charge in [0.15, 0.2) is 5.78 Å².